The third-order valence-corrected chi connectivity index (χ3v) is 4.42. The molecule has 0 saturated carbocycles. The van der Waals surface area contributed by atoms with Crippen LogP contribution in [-0.2, 0) is 9.53 Å². The molecule has 4 nitrogen and oxygen atoms in total. The van der Waals surface area contributed by atoms with Crippen molar-refractivity contribution in [1.29, 1.82) is 0 Å². The van der Waals surface area contributed by atoms with Crippen LogP contribution in [0.5, 0.6) is 0 Å². The fourth-order valence-electron chi connectivity index (χ4n) is 3.35. The second-order valence-corrected chi connectivity index (χ2v) is 5.67. The summed E-state index contributed by atoms with van der Waals surface area (Å²) in [6, 6.07) is 0. The maximum atomic E-state index is 12.2. The van der Waals surface area contributed by atoms with E-state index in [4.69, 9.17) is 4.74 Å². The average molecular weight is 238 g/mol. The Morgan fingerprint density at radius 2 is 2.00 bits per heavy atom. The van der Waals surface area contributed by atoms with Crippen molar-refractivity contribution in [3.63, 3.8) is 0 Å². The highest BCUT2D eigenvalue weighted by atomic mass is 16.5. The molecular formula is C13H22N2O2. The lowest BCUT2D eigenvalue weighted by Gasteiger charge is -2.25. The topological polar surface area (TPSA) is 41.6 Å². The number of carbonyl (C=O) groups is 1. The van der Waals surface area contributed by atoms with Crippen LogP contribution < -0.4 is 5.32 Å². The number of amides is 1. The van der Waals surface area contributed by atoms with Gasteiger partial charge in [0.2, 0.25) is 5.91 Å². The Kier molecular flexibility index (Phi) is 3.34. The molecule has 0 aliphatic carbocycles. The van der Waals surface area contributed by atoms with E-state index in [0.29, 0.717) is 24.2 Å². The Morgan fingerprint density at radius 1 is 1.24 bits per heavy atom. The van der Waals surface area contributed by atoms with E-state index in [1.807, 2.05) is 0 Å². The summed E-state index contributed by atoms with van der Waals surface area (Å²) >= 11 is 0. The van der Waals surface area contributed by atoms with E-state index in [1.54, 1.807) is 0 Å². The first kappa shape index (κ1) is 11.5. The maximum absolute atomic E-state index is 12.2. The summed E-state index contributed by atoms with van der Waals surface area (Å²) in [4.78, 5) is 14.2. The van der Waals surface area contributed by atoms with Crippen LogP contribution in [0.25, 0.3) is 0 Å². The van der Waals surface area contributed by atoms with E-state index >= 15 is 0 Å². The fraction of sp³-hybridized carbons (Fsp3) is 0.923. The van der Waals surface area contributed by atoms with E-state index in [2.05, 4.69) is 10.2 Å². The molecule has 0 radical (unpaired) electrons. The summed E-state index contributed by atoms with van der Waals surface area (Å²) < 4.78 is 5.64. The fourth-order valence-corrected chi connectivity index (χ4v) is 3.35. The molecule has 3 saturated heterocycles. The van der Waals surface area contributed by atoms with Gasteiger partial charge in [-0.2, -0.15) is 0 Å². The van der Waals surface area contributed by atoms with Gasteiger partial charge in [0.25, 0.3) is 0 Å². The van der Waals surface area contributed by atoms with Crippen molar-refractivity contribution < 1.29 is 9.53 Å². The summed E-state index contributed by atoms with van der Waals surface area (Å²) in [5, 5.41) is 3.40. The summed E-state index contributed by atoms with van der Waals surface area (Å²) in [6.45, 7) is 4.95. The molecule has 1 amide bonds. The number of ether oxygens (including phenoxy) is 1. The molecule has 3 rings (SSSR count). The van der Waals surface area contributed by atoms with Crippen LogP contribution in [0.15, 0.2) is 0 Å². The molecule has 0 aromatic rings. The lowest BCUT2D eigenvalue weighted by Crippen LogP contribution is -2.35. The number of nitrogens with one attached hydrogen (secondary N) is 1. The number of hydrogen-bond donors (Lipinski definition) is 1. The molecule has 3 atom stereocenters. The van der Waals surface area contributed by atoms with Crippen molar-refractivity contribution in [2.45, 2.75) is 31.8 Å². The van der Waals surface area contributed by atoms with Gasteiger partial charge in [0.15, 0.2) is 0 Å². The Bertz CT molecular complexity index is 277. The van der Waals surface area contributed by atoms with Crippen molar-refractivity contribution in [3.8, 4) is 0 Å². The third-order valence-electron chi connectivity index (χ3n) is 4.42. The number of fused-ring (bicyclic) bond motifs is 1. The Morgan fingerprint density at radius 3 is 2.65 bits per heavy atom. The number of nitrogens with zero attached hydrogens (tertiary/aromatic N) is 1. The highest BCUT2D eigenvalue weighted by molar-refractivity contribution is 5.77. The molecule has 1 N–H and O–H groups in total. The van der Waals surface area contributed by atoms with Crippen LogP contribution in [0.2, 0.25) is 0 Å². The SMILES string of the molecule is O=C(CC1CCCCO1)N1CC2CNCC2C1. The first-order chi connectivity index (χ1) is 8.33. The van der Waals surface area contributed by atoms with Crippen LogP contribution in [0, 0.1) is 11.8 Å². The molecule has 4 heteroatoms. The van der Waals surface area contributed by atoms with Crippen molar-refractivity contribution >= 4 is 5.91 Å². The first-order valence-electron chi connectivity index (χ1n) is 6.93. The molecule has 0 aromatic heterocycles. The summed E-state index contributed by atoms with van der Waals surface area (Å²) in [5.41, 5.74) is 0. The average Bonchev–Trinajstić information content (AvgIpc) is 2.90. The van der Waals surface area contributed by atoms with Crippen LogP contribution in [0.4, 0.5) is 0 Å². The zero-order chi connectivity index (χ0) is 11.7. The molecular weight excluding hydrogens is 216 g/mol. The summed E-state index contributed by atoms with van der Waals surface area (Å²) in [7, 11) is 0. The van der Waals surface area contributed by atoms with E-state index < -0.39 is 0 Å². The summed E-state index contributed by atoms with van der Waals surface area (Å²) in [5.74, 6) is 1.71. The highest BCUT2D eigenvalue weighted by Gasteiger charge is 2.38. The molecule has 96 valence electrons. The molecule has 17 heavy (non-hydrogen) atoms. The van der Waals surface area contributed by atoms with Gasteiger partial charge in [0.1, 0.15) is 0 Å². The zero-order valence-corrected chi connectivity index (χ0v) is 10.4. The number of rotatable bonds is 2. The number of hydrogen-bond acceptors (Lipinski definition) is 3. The van der Waals surface area contributed by atoms with Gasteiger partial charge >= 0.3 is 0 Å². The minimum atomic E-state index is 0.190. The van der Waals surface area contributed by atoms with E-state index in [1.165, 1.54) is 6.42 Å². The third kappa shape index (κ3) is 2.47. The lowest BCUT2D eigenvalue weighted by molar-refractivity contribution is -0.134. The van der Waals surface area contributed by atoms with Gasteiger partial charge in [-0.3, -0.25) is 4.79 Å². The van der Waals surface area contributed by atoms with E-state index in [-0.39, 0.29) is 6.10 Å². The van der Waals surface area contributed by atoms with Crippen molar-refractivity contribution in [2.24, 2.45) is 11.8 Å². The van der Waals surface area contributed by atoms with Crippen LogP contribution in [0.3, 0.4) is 0 Å². The van der Waals surface area contributed by atoms with Gasteiger partial charge in [0, 0.05) is 32.8 Å². The molecule has 3 unspecified atom stereocenters. The predicted octanol–water partition coefficient (Wildman–Crippen LogP) is 0.623. The quantitative estimate of drug-likeness (QED) is 0.767. The minimum Gasteiger partial charge on any atom is -0.378 e. The van der Waals surface area contributed by atoms with Gasteiger partial charge in [-0.05, 0) is 31.1 Å². The van der Waals surface area contributed by atoms with Crippen LogP contribution >= 0.6 is 0 Å². The molecule has 3 aliphatic rings. The molecule has 0 bridgehead atoms. The maximum Gasteiger partial charge on any atom is 0.225 e. The molecule has 0 spiro atoms. The molecule has 3 fully saturated rings. The normalized spacial score (nSPS) is 37.2. The van der Waals surface area contributed by atoms with Gasteiger partial charge in [-0.25, -0.2) is 0 Å². The van der Waals surface area contributed by atoms with Gasteiger partial charge < -0.3 is 15.0 Å². The van der Waals surface area contributed by atoms with Crippen LogP contribution in [-0.4, -0.2) is 49.7 Å². The van der Waals surface area contributed by atoms with Gasteiger partial charge in [-0.15, -0.1) is 0 Å². The number of likely N-dealkylation sites (tertiary alicyclic amines) is 1. The monoisotopic (exact) mass is 238 g/mol. The molecule has 0 aromatic carbocycles. The van der Waals surface area contributed by atoms with E-state index in [9.17, 15) is 4.79 Å². The highest BCUT2D eigenvalue weighted by Crippen LogP contribution is 2.27. The minimum absolute atomic E-state index is 0.190. The summed E-state index contributed by atoms with van der Waals surface area (Å²) in [6.07, 6.45) is 4.23. The van der Waals surface area contributed by atoms with Crippen molar-refractivity contribution in [1.82, 2.24) is 10.2 Å². The van der Waals surface area contributed by atoms with Gasteiger partial charge in [-0.1, -0.05) is 0 Å². The molecule has 3 heterocycles. The second-order valence-electron chi connectivity index (χ2n) is 5.67. The largest absolute Gasteiger partial charge is 0.378 e. The van der Waals surface area contributed by atoms with Gasteiger partial charge in [0.05, 0.1) is 12.5 Å². The smallest absolute Gasteiger partial charge is 0.225 e. The predicted molar refractivity (Wildman–Crippen MR) is 64.6 cm³/mol. The standard InChI is InChI=1S/C13H22N2O2/c16-13(5-12-3-1-2-4-17-12)15-8-10-6-14-7-11(10)9-15/h10-12,14H,1-9H2. The van der Waals surface area contributed by atoms with Crippen molar-refractivity contribution in [2.75, 3.05) is 32.8 Å². The number of carbonyl (C=O) groups excluding carboxylic acids is 1. The van der Waals surface area contributed by atoms with E-state index in [0.717, 1.165) is 45.6 Å². The Hall–Kier alpha value is -0.610. The Labute approximate surface area is 103 Å². The zero-order valence-electron chi connectivity index (χ0n) is 10.4. The Balaban J connectivity index is 1.49. The lowest BCUT2D eigenvalue weighted by atomic mass is 10.0. The van der Waals surface area contributed by atoms with Crippen LogP contribution in [0.1, 0.15) is 25.7 Å². The second kappa shape index (κ2) is 4.94. The molecule has 3 aliphatic heterocycles. The van der Waals surface area contributed by atoms with Crippen molar-refractivity contribution in [3.05, 3.63) is 0 Å². The first-order valence-corrected chi connectivity index (χ1v) is 6.93.